The van der Waals surface area contributed by atoms with Gasteiger partial charge in [0, 0.05) is 6.04 Å². The molecule has 1 fully saturated rings. The third-order valence-electron chi connectivity index (χ3n) is 2.32. The SMILES string of the molecule is CCCNC(CC)COC1COC1. The highest BCUT2D eigenvalue weighted by atomic mass is 16.6. The van der Waals surface area contributed by atoms with E-state index in [0.29, 0.717) is 12.1 Å². The fraction of sp³-hybridized carbons (Fsp3) is 1.00. The first-order chi connectivity index (χ1) is 6.36. The quantitative estimate of drug-likeness (QED) is 0.649. The Morgan fingerprint density at radius 1 is 1.46 bits per heavy atom. The Kier molecular flexibility index (Phi) is 5.35. The third-order valence-corrected chi connectivity index (χ3v) is 2.32. The van der Waals surface area contributed by atoms with E-state index in [1.807, 2.05) is 0 Å². The second-order valence-electron chi connectivity index (χ2n) is 3.55. The summed E-state index contributed by atoms with van der Waals surface area (Å²) in [5, 5.41) is 3.46. The van der Waals surface area contributed by atoms with E-state index in [2.05, 4.69) is 19.2 Å². The maximum absolute atomic E-state index is 5.64. The Bertz CT molecular complexity index is 126. The van der Waals surface area contributed by atoms with Crippen LogP contribution in [-0.2, 0) is 9.47 Å². The number of nitrogens with one attached hydrogen (secondary N) is 1. The lowest BCUT2D eigenvalue weighted by Crippen LogP contribution is -2.41. The molecule has 13 heavy (non-hydrogen) atoms. The van der Waals surface area contributed by atoms with Gasteiger partial charge in [-0.05, 0) is 19.4 Å². The molecule has 0 aromatic rings. The van der Waals surface area contributed by atoms with Crippen LogP contribution in [0.2, 0.25) is 0 Å². The molecule has 1 aliphatic rings. The lowest BCUT2D eigenvalue weighted by Gasteiger charge is -2.28. The summed E-state index contributed by atoms with van der Waals surface area (Å²) in [6, 6.07) is 0.514. The van der Waals surface area contributed by atoms with E-state index in [-0.39, 0.29) is 0 Å². The molecule has 0 spiro atoms. The molecule has 0 aliphatic carbocycles. The minimum Gasteiger partial charge on any atom is -0.376 e. The smallest absolute Gasteiger partial charge is 0.104 e. The molecule has 0 aromatic heterocycles. The second kappa shape index (κ2) is 6.35. The fourth-order valence-electron chi connectivity index (χ4n) is 1.23. The first-order valence-electron chi connectivity index (χ1n) is 5.29. The van der Waals surface area contributed by atoms with Crippen LogP contribution in [-0.4, -0.2) is 38.5 Å². The van der Waals surface area contributed by atoms with E-state index in [4.69, 9.17) is 9.47 Å². The van der Waals surface area contributed by atoms with Gasteiger partial charge in [0.15, 0.2) is 0 Å². The molecule has 1 atom stereocenters. The zero-order valence-electron chi connectivity index (χ0n) is 8.71. The number of hydrogen-bond donors (Lipinski definition) is 1. The van der Waals surface area contributed by atoms with Gasteiger partial charge in [0.1, 0.15) is 6.10 Å². The van der Waals surface area contributed by atoms with Gasteiger partial charge in [-0.25, -0.2) is 0 Å². The zero-order chi connectivity index (χ0) is 9.52. The van der Waals surface area contributed by atoms with Gasteiger partial charge < -0.3 is 14.8 Å². The van der Waals surface area contributed by atoms with E-state index in [9.17, 15) is 0 Å². The summed E-state index contributed by atoms with van der Waals surface area (Å²) in [5.41, 5.74) is 0. The maximum atomic E-state index is 5.64. The van der Waals surface area contributed by atoms with Crippen molar-refractivity contribution >= 4 is 0 Å². The van der Waals surface area contributed by atoms with Gasteiger partial charge in [-0.15, -0.1) is 0 Å². The van der Waals surface area contributed by atoms with Crippen molar-refractivity contribution < 1.29 is 9.47 Å². The summed E-state index contributed by atoms with van der Waals surface area (Å²) in [6.45, 7) is 7.84. The molecule has 0 amide bonds. The molecule has 1 rings (SSSR count). The van der Waals surface area contributed by atoms with E-state index < -0.39 is 0 Å². The van der Waals surface area contributed by atoms with Crippen molar-refractivity contribution in [1.82, 2.24) is 5.32 Å². The third kappa shape index (κ3) is 4.07. The molecule has 1 saturated heterocycles. The van der Waals surface area contributed by atoms with Crippen LogP contribution in [0, 0.1) is 0 Å². The molecule has 0 radical (unpaired) electrons. The summed E-state index contributed by atoms with van der Waals surface area (Å²) < 4.78 is 10.7. The molecule has 3 heteroatoms. The number of rotatable bonds is 7. The predicted octanol–water partition coefficient (Wildman–Crippen LogP) is 1.18. The van der Waals surface area contributed by atoms with Crippen molar-refractivity contribution in [3.8, 4) is 0 Å². The van der Waals surface area contributed by atoms with Crippen LogP contribution in [0.5, 0.6) is 0 Å². The Hall–Kier alpha value is -0.120. The van der Waals surface area contributed by atoms with E-state index in [0.717, 1.165) is 32.8 Å². The van der Waals surface area contributed by atoms with Gasteiger partial charge in [-0.1, -0.05) is 13.8 Å². The van der Waals surface area contributed by atoms with Crippen molar-refractivity contribution in [2.75, 3.05) is 26.4 Å². The minimum atomic E-state index is 0.359. The lowest BCUT2D eigenvalue weighted by molar-refractivity contribution is -0.133. The summed E-state index contributed by atoms with van der Waals surface area (Å²) in [4.78, 5) is 0. The van der Waals surface area contributed by atoms with E-state index in [1.54, 1.807) is 0 Å². The average molecular weight is 187 g/mol. The van der Waals surface area contributed by atoms with Gasteiger partial charge in [-0.2, -0.15) is 0 Å². The molecule has 0 saturated carbocycles. The standard InChI is InChI=1S/C10H21NO2/c1-3-5-11-9(4-2)6-13-10-7-12-8-10/h9-11H,3-8H2,1-2H3. The molecular weight excluding hydrogens is 166 g/mol. The zero-order valence-corrected chi connectivity index (χ0v) is 8.71. The molecule has 1 heterocycles. The minimum absolute atomic E-state index is 0.359. The highest BCUT2D eigenvalue weighted by Gasteiger charge is 2.19. The first-order valence-corrected chi connectivity index (χ1v) is 5.29. The second-order valence-corrected chi connectivity index (χ2v) is 3.55. The van der Waals surface area contributed by atoms with Crippen molar-refractivity contribution in [3.63, 3.8) is 0 Å². The Morgan fingerprint density at radius 2 is 2.23 bits per heavy atom. The van der Waals surface area contributed by atoms with Crippen LogP contribution in [0.15, 0.2) is 0 Å². The van der Waals surface area contributed by atoms with Crippen molar-refractivity contribution in [2.45, 2.75) is 38.8 Å². The highest BCUT2D eigenvalue weighted by Crippen LogP contribution is 2.06. The van der Waals surface area contributed by atoms with Crippen LogP contribution in [0.3, 0.4) is 0 Å². The van der Waals surface area contributed by atoms with Crippen LogP contribution in [0.4, 0.5) is 0 Å². The predicted molar refractivity (Wildman–Crippen MR) is 52.9 cm³/mol. The van der Waals surface area contributed by atoms with Crippen LogP contribution in [0.25, 0.3) is 0 Å². The molecule has 1 unspecified atom stereocenters. The molecule has 3 nitrogen and oxygen atoms in total. The monoisotopic (exact) mass is 187 g/mol. The average Bonchev–Trinajstić information content (AvgIpc) is 2.08. The largest absolute Gasteiger partial charge is 0.376 e. The topological polar surface area (TPSA) is 30.5 Å². The molecular formula is C10H21NO2. The van der Waals surface area contributed by atoms with Crippen molar-refractivity contribution in [2.24, 2.45) is 0 Å². The summed E-state index contributed by atoms with van der Waals surface area (Å²) in [7, 11) is 0. The fourth-order valence-corrected chi connectivity index (χ4v) is 1.23. The highest BCUT2D eigenvalue weighted by molar-refractivity contribution is 4.68. The van der Waals surface area contributed by atoms with Gasteiger partial charge in [0.05, 0.1) is 19.8 Å². The maximum Gasteiger partial charge on any atom is 0.104 e. The Labute approximate surface area is 80.8 Å². The number of hydrogen-bond acceptors (Lipinski definition) is 3. The summed E-state index contributed by atoms with van der Waals surface area (Å²) in [6.07, 6.45) is 2.67. The normalized spacial score (nSPS) is 19.8. The molecule has 78 valence electrons. The first kappa shape index (κ1) is 11.0. The van der Waals surface area contributed by atoms with E-state index >= 15 is 0 Å². The van der Waals surface area contributed by atoms with Gasteiger partial charge in [-0.3, -0.25) is 0 Å². The molecule has 1 aliphatic heterocycles. The van der Waals surface area contributed by atoms with Gasteiger partial charge >= 0.3 is 0 Å². The van der Waals surface area contributed by atoms with Gasteiger partial charge in [0.25, 0.3) is 0 Å². The van der Waals surface area contributed by atoms with Crippen molar-refractivity contribution in [3.05, 3.63) is 0 Å². The summed E-state index contributed by atoms with van der Waals surface area (Å²) in [5.74, 6) is 0. The van der Waals surface area contributed by atoms with Crippen LogP contribution in [0.1, 0.15) is 26.7 Å². The number of ether oxygens (including phenoxy) is 2. The van der Waals surface area contributed by atoms with E-state index in [1.165, 1.54) is 6.42 Å². The van der Waals surface area contributed by atoms with Crippen LogP contribution < -0.4 is 5.32 Å². The van der Waals surface area contributed by atoms with Gasteiger partial charge in [0.2, 0.25) is 0 Å². The molecule has 0 bridgehead atoms. The Balaban J connectivity index is 2.00. The summed E-state index contributed by atoms with van der Waals surface area (Å²) >= 11 is 0. The molecule has 1 N–H and O–H groups in total. The van der Waals surface area contributed by atoms with Crippen molar-refractivity contribution in [1.29, 1.82) is 0 Å². The van der Waals surface area contributed by atoms with Crippen LogP contribution >= 0.6 is 0 Å². The molecule has 0 aromatic carbocycles. The Morgan fingerprint density at radius 3 is 2.69 bits per heavy atom. The lowest BCUT2D eigenvalue weighted by atomic mass is 10.2.